The van der Waals surface area contributed by atoms with Gasteiger partial charge in [-0.1, -0.05) is 39.8 Å². The van der Waals surface area contributed by atoms with E-state index in [-0.39, 0.29) is 41.0 Å². The van der Waals surface area contributed by atoms with E-state index in [0.717, 1.165) is 4.47 Å². The van der Waals surface area contributed by atoms with Crippen LogP contribution in [0, 0.1) is 0 Å². The topological polar surface area (TPSA) is 95.9 Å². The van der Waals surface area contributed by atoms with Crippen molar-refractivity contribution in [2.45, 2.75) is 19.0 Å². The van der Waals surface area contributed by atoms with E-state index in [9.17, 15) is 18.0 Å². The van der Waals surface area contributed by atoms with Gasteiger partial charge in [-0.05, 0) is 43.3 Å². The largest absolute Gasteiger partial charge is 0.325 e. The normalized spacial score (nSPS) is 21.5. The van der Waals surface area contributed by atoms with Gasteiger partial charge in [0.25, 0.3) is 0 Å². The molecule has 0 radical (unpaired) electrons. The average Bonchev–Trinajstić information content (AvgIpc) is 3.19. The molecule has 1 amide bonds. The summed E-state index contributed by atoms with van der Waals surface area (Å²) in [4.78, 5) is 30.7. The van der Waals surface area contributed by atoms with Crippen molar-refractivity contribution in [2.75, 3.05) is 27.5 Å². The second-order valence-electron chi connectivity index (χ2n) is 7.44. The van der Waals surface area contributed by atoms with Crippen LogP contribution in [0.25, 0.3) is 0 Å². The van der Waals surface area contributed by atoms with Crippen molar-refractivity contribution in [3.63, 3.8) is 0 Å². The lowest BCUT2D eigenvalue weighted by Crippen LogP contribution is -2.39. The van der Waals surface area contributed by atoms with Gasteiger partial charge in [0.2, 0.25) is 5.91 Å². The molecule has 7 nitrogen and oxygen atoms in total. The van der Waals surface area contributed by atoms with Crippen molar-refractivity contribution in [1.82, 2.24) is 0 Å². The summed E-state index contributed by atoms with van der Waals surface area (Å²) in [5.41, 5.74) is 1.94. The van der Waals surface area contributed by atoms with E-state index >= 15 is 0 Å². The van der Waals surface area contributed by atoms with E-state index in [2.05, 4.69) is 26.2 Å². The van der Waals surface area contributed by atoms with Crippen LogP contribution in [-0.4, -0.2) is 54.6 Å². The molecule has 2 aromatic rings. The summed E-state index contributed by atoms with van der Waals surface area (Å²) < 4.78 is 25.3. The molecule has 2 atom stereocenters. The van der Waals surface area contributed by atoms with Crippen LogP contribution in [0.3, 0.4) is 0 Å². The van der Waals surface area contributed by atoms with Gasteiger partial charge >= 0.3 is 0 Å². The Morgan fingerprint density at radius 2 is 1.94 bits per heavy atom. The van der Waals surface area contributed by atoms with E-state index in [4.69, 9.17) is 0 Å². The molecule has 162 valence electrons. The molecule has 31 heavy (non-hydrogen) atoms. The Balaban J connectivity index is 1.53. The molecule has 0 bridgehead atoms. The molecule has 0 spiro atoms. The maximum atomic E-state index is 12.4. The lowest BCUT2D eigenvalue weighted by Gasteiger charge is -2.26. The highest BCUT2D eigenvalue weighted by Gasteiger charge is 2.47. The van der Waals surface area contributed by atoms with E-state index in [1.807, 2.05) is 23.1 Å². The third-order valence-electron chi connectivity index (χ3n) is 5.10. The highest BCUT2D eigenvalue weighted by molar-refractivity contribution is 9.10. The molecule has 1 N–H and O–H groups in total. The van der Waals surface area contributed by atoms with Gasteiger partial charge in [-0.2, -0.15) is 0 Å². The molecule has 0 aromatic heterocycles. The summed E-state index contributed by atoms with van der Waals surface area (Å²) in [6.45, 7) is 1.49. The van der Waals surface area contributed by atoms with E-state index < -0.39 is 9.84 Å². The number of anilines is 2. The van der Waals surface area contributed by atoms with Crippen molar-refractivity contribution in [3.05, 3.63) is 58.6 Å². The Morgan fingerprint density at radius 3 is 2.65 bits per heavy atom. The zero-order valence-electron chi connectivity index (χ0n) is 16.6. The van der Waals surface area contributed by atoms with Crippen molar-refractivity contribution < 1.29 is 18.0 Å². The summed E-state index contributed by atoms with van der Waals surface area (Å²) in [5, 5.41) is 3.43. The highest BCUT2D eigenvalue weighted by Crippen LogP contribution is 2.35. The minimum atomic E-state index is -3.18. The SMILES string of the molecule is CC(=O)c1cccc(N2C(SCC(=O)Nc3ccc(Br)cc3)=N[C@H]3CS(=O)(=O)C[C@H]32)c1. The number of rotatable bonds is 5. The lowest BCUT2D eigenvalue weighted by molar-refractivity contribution is -0.113. The number of nitrogens with one attached hydrogen (secondary N) is 1. The molecule has 4 rings (SSSR count). The lowest BCUT2D eigenvalue weighted by atomic mass is 10.1. The standard InChI is InChI=1S/C21H20BrN3O4S2/c1-13(26)14-3-2-4-17(9-14)25-19-12-31(28,29)11-18(19)24-21(25)30-10-20(27)23-16-7-5-15(22)6-8-16/h2-9,18-19H,10-12H2,1H3,(H,23,27)/t18-,19+/m0/s1. The zero-order valence-corrected chi connectivity index (χ0v) is 19.8. The first-order valence-electron chi connectivity index (χ1n) is 9.58. The fraction of sp³-hybridized carbons (Fsp3) is 0.286. The van der Waals surface area contributed by atoms with Gasteiger partial charge in [-0.15, -0.1) is 0 Å². The minimum Gasteiger partial charge on any atom is -0.325 e. The number of carbonyl (C=O) groups is 2. The van der Waals surface area contributed by atoms with Crippen LogP contribution in [0.2, 0.25) is 0 Å². The van der Waals surface area contributed by atoms with Gasteiger partial charge in [0, 0.05) is 21.4 Å². The van der Waals surface area contributed by atoms with E-state index in [0.29, 0.717) is 22.1 Å². The third kappa shape index (κ3) is 5.02. The smallest absolute Gasteiger partial charge is 0.234 e. The number of benzene rings is 2. The predicted molar refractivity (Wildman–Crippen MR) is 128 cm³/mol. The van der Waals surface area contributed by atoms with Crippen LogP contribution in [0.15, 0.2) is 58.0 Å². The summed E-state index contributed by atoms with van der Waals surface area (Å²) in [7, 11) is -3.18. The Hall–Kier alpha value is -2.17. The Kier molecular flexibility index (Phi) is 6.23. The molecule has 2 heterocycles. The molecule has 1 saturated heterocycles. The number of sulfone groups is 1. The molecule has 10 heteroatoms. The number of hydrogen-bond acceptors (Lipinski definition) is 7. The van der Waals surface area contributed by atoms with Crippen LogP contribution in [-0.2, 0) is 14.6 Å². The molecule has 2 aromatic carbocycles. The molecule has 2 aliphatic rings. The molecule has 0 saturated carbocycles. The average molecular weight is 522 g/mol. The Morgan fingerprint density at radius 1 is 1.19 bits per heavy atom. The Labute approximate surface area is 193 Å². The molecule has 0 unspecified atom stereocenters. The number of carbonyl (C=O) groups excluding carboxylic acids is 2. The maximum absolute atomic E-state index is 12.4. The minimum absolute atomic E-state index is 0.000610. The number of aliphatic imine (C=N–C) groups is 1. The maximum Gasteiger partial charge on any atom is 0.234 e. The number of amidine groups is 1. The van der Waals surface area contributed by atoms with Gasteiger partial charge in [0.1, 0.15) is 0 Å². The number of thioether (sulfide) groups is 1. The number of hydrogen-bond donors (Lipinski definition) is 1. The monoisotopic (exact) mass is 521 g/mol. The predicted octanol–water partition coefficient (Wildman–Crippen LogP) is 3.37. The molecule has 0 aliphatic carbocycles. The number of amides is 1. The van der Waals surface area contributed by atoms with Crippen LogP contribution in [0.1, 0.15) is 17.3 Å². The summed E-state index contributed by atoms with van der Waals surface area (Å²) in [6, 6.07) is 13.7. The summed E-state index contributed by atoms with van der Waals surface area (Å²) >= 11 is 4.62. The molecule has 1 fully saturated rings. The summed E-state index contributed by atoms with van der Waals surface area (Å²) in [6.07, 6.45) is 0. The van der Waals surface area contributed by atoms with Crippen molar-refractivity contribution in [2.24, 2.45) is 4.99 Å². The highest BCUT2D eigenvalue weighted by atomic mass is 79.9. The first kappa shape index (κ1) is 22.0. The van der Waals surface area contributed by atoms with Gasteiger partial charge in [-0.25, -0.2) is 8.42 Å². The fourth-order valence-electron chi connectivity index (χ4n) is 3.67. The number of nitrogens with zero attached hydrogens (tertiary/aromatic N) is 2. The second kappa shape index (κ2) is 8.76. The number of ketones is 1. The molecule has 2 aliphatic heterocycles. The van der Waals surface area contributed by atoms with Crippen LogP contribution >= 0.6 is 27.7 Å². The first-order chi connectivity index (χ1) is 14.7. The van der Waals surface area contributed by atoms with Gasteiger partial charge in [0.05, 0.1) is 29.3 Å². The third-order valence-corrected chi connectivity index (χ3v) is 8.29. The quantitative estimate of drug-likeness (QED) is 0.606. The van der Waals surface area contributed by atoms with Gasteiger partial charge < -0.3 is 10.2 Å². The second-order valence-corrected chi connectivity index (χ2v) is 11.5. The van der Waals surface area contributed by atoms with Gasteiger partial charge in [0.15, 0.2) is 20.8 Å². The first-order valence-corrected chi connectivity index (χ1v) is 13.2. The number of halogens is 1. The van der Waals surface area contributed by atoms with Gasteiger partial charge in [-0.3, -0.25) is 14.6 Å². The van der Waals surface area contributed by atoms with E-state index in [1.54, 1.807) is 30.3 Å². The van der Waals surface area contributed by atoms with E-state index in [1.165, 1.54) is 18.7 Å². The van der Waals surface area contributed by atoms with Crippen LogP contribution < -0.4 is 10.2 Å². The molecular formula is C21H20BrN3O4S2. The number of Topliss-reactive ketones (excluding diaryl/α,β-unsaturated/α-hetero) is 1. The summed E-state index contributed by atoms with van der Waals surface area (Å²) in [5.74, 6) is -0.130. The number of fused-ring (bicyclic) bond motifs is 1. The van der Waals surface area contributed by atoms with Crippen molar-refractivity contribution in [1.29, 1.82) is 0 Å². The molecular weight excluding hydrogens is 502 g/mol. The fourth-order valence-corrected chi connectivity index (χ4v) is 6.70. The van der Waals surface area contributed by atoms with Crippen LogP contribution in [0.4, 0.5) is 11.4 Å². The van der Waals surface area contributed by atoms with Crippen molar-refractivity contribution >= 4 is 65.8 Å². The zero-order chi connectivity index (χ0) is 22.2. The van der Waals surface area contributed by atoms with Crippen LogP contribution in [0.5, 0.6) is 0 Å². The Bertz CT molecular complexity index is 1170. The van der Waals surface area contributed by atoms with Crippen molar-refractivity contribution in [3.8, 4) is 0 Å².